The van der Waals surface area contributed by atoms with Crippen LogP contribution in [0.15, 0.2) is 6.20 Å². The van der Waals surface area contributed by atoms with Crippen molar-refractivity contribution >= 4 is 0 Å². The van der Waals surface area contributed by atoms with Gasteiger partial charge in [0.15, 0.2) is 0 Å². The van der Waals surface area contributed by atoms with Gasteiger partial charge in [-0.2, -0.15) is 11.5 Å². The number of hydrogen-bond acceptors (Lipinski definition) is 2. The maximum atomic E-state index is 3.94. The Balaban J connectivity index is 0. The minimum atomic E-state index is 0. The zero-order valence-corrected chi connectivity index (χ0v) is 18.6. The molecule has 1 heterocycles. The zero-order chi connectivity index (χ0) is 16.5. The van der Waals surface area contributed by atoms with Gasteiger partial charge in [0.05, 0.1) is 0 Å². The van der Waals surface area contributed by atoms with Gasteiger partial charge in [-0.1, -0.05) is 95.9 Å². The molecule has 133 valence electrons. The fourth-order valence-corrected chi connectivity index (χ4v) is 2.21. The SMILES string of the molecule is CCCCCC[CH-]n1cc(C)nn1.[CH2-]CCCCCCCC.[Y]. The minimum absolute atomic E-state index is 0. The Morgan fingerprint density at radius 2 is 1.52 bits per heavy atom. The third-order valence-electron chi connectivity index (χ3n) is 3.60. The van der Waals surface area contributed by atoms with E-state index in [9.17, 15) is 0 Å². The summed E-state index contributed by atoms with van der Waals surface area (Å²) in [5, 5.41) is 7.86. The summed E-state index contributed by atoms with van der Waals surface area (Å²) in [6.07, 6.45) is 17.7. The molecule has 0 saturated heterocycles. The fraction of sp³-hybridized carbons (Fsp3) is 0.789. The van der Waals surface area contributed by atoms with E-state index in [1.807, 2.05) is 13.1 Å². The van der Waals surface area contributed by atoms with Crippen LogP contribution in [0.3, 0.4) is 0 Å². The van der Waals surface area contributed by atoms with Gasteiger partial charge in [-0.15, -0.1) is 6.54 Å². The summed E-state index contributed by atoms with van der Waals surface area (Å²) in [5.74, 6) is 0. The standard InChI is InChI=1S/C10H18N3.C9H19.Y/c1-3-4-5-6-7-8-13-9-10(2)11-12-13;1-3-5-7-9-8-6-4-2;/h8-9H,3-7H2,1-2H3;1,3-9H2,2H3;/q2*-1;. The Bertz CT molecular complexity index is 320. The minimum Gasteiger partial charge on any atom is -0.385 e. The Kier molecular flexibility index (Phi) is 22.2. The van der Waals surface area contributed by atoms with Gasteiger partial charge < -0.3 is 11.6 Å². The number of unbranched alkanes of at least 4 members (excludes halogenated alkanes) is 10. The van der Waals surface area contributed by atoms with Gasteiger partial charge in [0, 0.05) is 32.7 Å². The maximum absolute atomic E-state index is 3.94. The van der Waals surface area contributed by atoms with E-state index in [1.54, 1.807) is 4.68 Å². The average molecular weight is 396 g/mol. The molecule has 23 heavy (non-hydrogen) atoms. The molecule has 0 aliphatic heterocycles. The second-order valence-electron chi connectivity index (χ2n) is 5.99. The molecule has 0 bridgehead atoms. The van der Waals surface area contributed by atoms with Crippen molar-refractivity contribution in [3.05, 3.63) is 25.4 Å². The molecule has 1 rings (SSSR count). The number of rotatable bonds is 12. The summed E-state index contributed by atoms with van der Waals surface area (Å²) in [6.45, 7) is 12.3. The van der Waals surface area contributed by atoms with E-state index in [0.717, 1.165) is 18.5 Å². The van der Waals surface area contributed by atoms with Crippen molar-refractivity contribution in [3.63, 3.8) is 0 Å². The van der Waals surface area contributed by atoms with Crippen molar-refractivity contribution in [1.82, 2.24) is 15.0 Å². The first kappa shape index (κ1) is 25.4. The largest absolute Gasteiger partial charge is 0.385 e. The number of hydrogen-bond donors (Lipinski definition) is 0. The Morgan fingerprint density at radius 3 is 2.04 bits per heavy atom. The summed E-state index contributed by atoms with van der Waals surface area (Å²) in [4.78, 5) is 0. The van der Waals surface area contributed by atoms with Gasteiger partial charge in [-0.3, -0.25) is 0 Å². The summed E-state index contributed by atoms with van der Waals surface area (Å²) < 4.78 is 1.81. The van der Waals surface area contributed by atoms with Crippen LogP contribution in [-0.4, -0.2) is 15.0 Å². The van der Waals surface area contributed by atoms with E-state index < -0.39 is 0 Å². The van der Waals surface area contributed by atoms with Crippen LogP contribution in [0.4, 0.5) is 0 Å². The molecule has 0 N–H and O–H groups in total. The van der Waals surface area contributed by atoms with Crippen LogP contribution in [0, 0.1) is 20.4 Å². The second-order valence-corrected chi connectivity index (χ2v) is 5.99. The summed E-state index contributed by atoms with van der Waals surface area (Å²) >= 11 is 0. The Morgan fingerprint density at radius 1 is 0.957 bits per heavy atom. The van der Waals surface area contributed by atoms with Crippen molar-refractivity contribution < 1.29 is 32.7 Å². The molecule has 1 radical (unpaired) electrons. The van der Waals surface area contributed by atoms with Gasteiger partial charge in [0.1, 0.15) is 0 Å². The van der Waals surface area contributed by atoms with E-state index >= 15 is 0 Å². The fourth-order valence-electron chi connectivity index (χ4n) is 2.21. The van der Waals surface area contributed by atoms with Crippen LogP contribution in [0.1, 0.15) is 96.6 Å². The van der Waals surface area contributed by atoms with Crippen molar-refractivity contribution in [2.75, 3.05) is 0 Å². The molecule has 0 atom stereocenters. The number of aryl methyl sites for hydroxylation is 1. The average Bonchev–Trinajstić information content (AvgIpc) is 2.93. The molecule has 0 aromatic carbocycles. The van der Waals surface area contributed by atoms with E-state index in [1.165, 1.54) is 64.2 Å². The molecule has 0 unspecified atom stereocenters. The molecule has 0 amide bonds. The second kappa shape index (κ2) is 20.2. The van der Waals surface area contributed by atoms with Gasteiger partial charge >= 0.3 is 0 Å². The van der Waals surface area contributed by atoms with Gasteiger partial charge in [-0.25, -0.2) is 0 Å². The van der Waals surface area contributed by atoms with Gasteiger partial charge in [0.25, 0.3) is 0 Å². The first-order valence-corrected chi connectivity index (χ1v) is 9.25. The Labute approximate surface area is 170 Å². The summed E-state index contributed by atoms with van der Waals surface area (Å²) in [7, 11) is 0. The van der Waals surface area contributed by atoms with E-state index in [0.29, 0.717) is 0 Å². The molecule has 1 aromatic heterocycles. The van der Waals surface area contributed by atoms with Gasteiger partial charge in [0.2, 0.25) is 0 Å². The van der Waals surface area contributed by atoms with Crippen LogP contribution in [0.25, 0.3) is 0 Å². The quantitative estimate of drug-likeness (QED) is 0.314. The monoisotopic (exact) mass is 396 g/mol. The normalized spacial score (nSPS) is 9.74. The third kappa shape index (κ3) is 18.3. The van der Waals surface area contributed by atoms with Gasteiger partial charge in [-0.05, 0) is 12.6 Å². The van der Waals surface area contributed by atoms with E-state index in [2.05, 4.69) is 37.6 Å². The van der Waals surface area contributed by atoms with E-state index in [4.69, 9.17) is 0 Å². The van der Waals surface area contributed by atoms with Crippen LogP contribution < -0.4 is 0 Å². The molecule has 0 saturated carbocycles. The first-order valence-electron chi connectivity index (χ1n) is 9.25. The van der Waals surface area contributed by atoms with Crippen LogP contribution in [-0.2, 0) is 32.7 Å². The van der Waals surface area contributed by atoms with Crippen molar-refractivity contribution in [3.8, 4) is 0 Å². The van der Waals surface area contributed by atoms with Crippen LogP contribution >= 0.6 is 0 Å². The molecule has 4 heteroatoms. The number of aromatic nitrogens is 3. The van der Waals surface area contributed by atoms with Crippen LogP contribution in [0.5, 0.6) is 0 Å². The molecule has 0 spiro atoms. The molecular weight excluding hydrogens is 359 g/mol. The predicted molar refractivity (Wildman–Crippen MR) is 96.6 cm³/mol. The first-order chi connectivity index (χ1) is 10.7. The van der Waals surface area contributed by atoms with Crippen molar-refractivity contribution in [2.24, 2.45) is 0 Å². The predicted octanol–water partition coefficient (Wildman–Crippen LogP) is 6.14. The topological polar surface area (TPSA) is 30.7 Å². The van der Waals surface area contributed by atoms with Crippen molar-refractivity contribution in [1.29, 1.82) is 0 Å². The summed E-state index contributed by atoms with van der Waals surface area (Å²) in [5.41, 5.74) is 0.977. The van der Waals surface area contributed by atoms with Crippen molar-refractivity contribution in [2.45, 2.75) is 97.8 Å². The summed E-state index contributed by atoms with van der Waals surface area (Å²) in [6, 6.07) is 0. The molecule has 3 nitrogen and oxygen atoms in total. The van der Waals surface area contributed by atoms with E-state index in [-0.39, 0.29) is 32.7 Å². The molecule has 0 aliphatic carbocycles. The van der Waals surface area contributed by atoms with Crippen LogP contribution in [0.2, 0.25) is 0 Å². The third-order valence-corrected chi connectivity index (χ3v) is 3.60. The molecule has 0 aliphatic rings. The maximum Gasteiger partial charge on any atom is 0 e. The number of nitrogens with zero attached hydrogens (tertiary/aromatic N) is 3. The molecule has 0 fully saturated rings. The molecular formula is C19H37N3Y-2. The molecule has 1 aromatic rings. The smallest absolute Gasteiger partial charge is 0 e. The zero-order valence-electron chi connectivity index (χ0n) is 15.8. The Hall–Kier alpha value is 0.114.